The molecular weight excluding hydrogens is 316 g/mol. The fourth-order valence-electron chi connectivity index (χ4n) is 3.32. The first-order valence-electron chi connectivity index (χ1n) is 9.19. The van der Waals surface area contributed by atoms with E-state index >= 15 is 0 Å². The van der Waals surface area contributed by atoms with Gasteiger partial charge in [-0.05, 0) is 38.5 Å². The lowest BCUT2D eigenvalue weighted by molar-refractivity contribution is -0.116. The number of ether oxygens (including phenoxy) is 1. The Balaban J connectivity index is 1.88. The number of amides is 1. The third-order valence-electron chi connectivity index (χ3n) is 4.51. The number of rotatable bonds is 6. The predicted molar refractivity (Wildman–Crippen MR) is 99.8 cm³/mol. The van der Waals surface area contributed by atoms with Crippen molar-refractivity contribution in [3.63, 3.8) is 0 Å². The van der Waals surface area contributed by atoms with Crippen LogP contribution in [0.3, 0.4) is 0 Å². The highest BCUT2D eigenvalue weighted by atomic mass is 16.5. The molecule has 136 valence electrons. The molecule has 1 N–H and O–H groups in total. The van der Waals surface area contributed by atoms with Gasteiger partial charge in [0.25, 0.3) is 0 Å². The molecule has 0 aliphatic carbocycles. The summed E-state index contributed by atoms with van der Waals surface area (Å²) in [6.45, 7) is 10.7. The molecule has 0 spiro atoms. The highest BCUT2D eigenvalue weighted by molar-refractivity contribution is 5.93. The average Bonchev–Trinajstić information content (AvgIpc) is 2.93. The molecular formula is C19H28N4O2. The van der Waals surface area contributed by atoms with E-state index in [2.05, 4.69) is 34.7 Å². The van der Waals surface area contributed by atoms with E-state index in [1.165, 1.54) is 0 Å². The maximum absolute atomic E-state index is 11.8. The van der Waals surface area contributed by atoms with Crippen molar-refractivity contribution in [2.75, 3.05) is 31.6 Å². The molecule has 2 aromatic rings. The van der Waals surface area contributed by atoms with Gasteiger partial charge in [0.2, 0.25) is 5.91 Å². The van der Waals surface area contributed by atoms with Crippen LogP contribution in [-0.4, -0.2) is 46.7 Å². The van der Waals surface area contributed by atoms with Crippen molar-refractivity contribution < 1.29 is 9.53 Å². The third-order valence-corrected chi connectivity index (χ3v) is 4.51. The number of carbonyl (C=O) groups excluding carboxylic acids is 1. The van der Waals surface area contributed by atoms with Gasteiger partial charge in [0, 0.05) is 31.2 Å². The van der Waals surface area contributed by atoms with Crippen molar-refractivity contribution in [2.45, 2.75) is 46.2 Å². The summed E-state index contributed by atoms with van der Waals surface area (Å²) in [7, 11) is 0. The summed E-state index contributed by atoms with van der Waals surface area (Å²) < 4.78 is 7.73. The fraction of sp³-hybridized carbons (Fsp3) is 0.579. The molecule has 0 saturated carbocycles. The second-order valence-corrected chi connectivity index (χ2v) is 6.88. The van der Waals surface area contributed by atoms with Crippen LogP contribution in [0, 0.1) is 0 Å². The number of nitrogens with zero attached hydrogens (tertiary/aromatic N) is 3. The highest BCUT2D eigenvalue weighted by Crippen LogP contribution is 2.25. The Labute approximate surface area is 149 Å². The van der Waals surface area contributed by atoms with E-state index in [0.717, 1.165) is 61.8 Å². The Hall–Kier alpha value is -1.92. The molecule has 3 rings (SSSR count). The summed E-state index contributed by atoms with van der Waals surface area (Å²) in [6, 6.07) is 6.34. The maximum atomic E-state index is 11.8. The number of carbonyl (C=O) groups is 1. The molecule has 1 amide bonds. The molecule has 6 nitrogen and oxygen atoms in total. The van der Waals surface area contributed by atoms with Crippen LogP contribution in [0.1, 0.15) is 45.5 Å². The summed E-state index contributed by atoms with van der Waals surface area (Å²) in [5, 5.41) is 2.96. The van der Waals surface area contributed by atoms with Crippen LogP contribution in [0.5, 0.6) is 0 Å². The van der Waals surface area contributed by atoms with Crippen molar-refractivity contribution in [3.8, 4) is 0 Å². The molecule has 1 aliphatic heterocycles. The minimum absolute atomic E-state index is 0.0543. The number of benzene rings is 1. The molecule has 6 heteroatoms. The summed E-state index contributed by atoms with van der Waals surface area (Å²) in [6.07, 6.45) is 1.39. The summed E-state index contributed by atoms with van der Waals surface area (Å²) in [4.78, 5) is 19.1. The Morgan fingerprint density at radius 3 is 2.76 bits per heavy atom. The topological polar surface area (TPSA) is 59.4 Å². The second-order valence-electron chi connectivity index (χ2n) is 6.88. The van der Waals surface area contributed by atoms with Gasteiger partial charge in [0.15, 0.2) is 0 Å². The van der Waals surface area contributed by atoms with Crippen LogP contribution in [0.4, 0.5) is 5.69 Å². The number of hydrogen-bond acceptors (Lipinski definition) is 4. The molecule has 25 heavy (non-hydrogen) atoms. The van der Waals surface area contributed by atoms with Crippen LogP contribution in [0.15, 0.2) is 18.2 Å². The Morgan fingerprint density at radius 2 is 2.08 bits per heavy atom. The van der Waals surface area contributed by atoms with Gasteiger partial charge in [-0.25, -0.2) is 4.98 Å². The van der Waals surface area contributed by atoms with E-state index in [1.807, 2.05) is 19.1 Å². The lowest BCUT2D eigenvalue weighted by Gasteiger charge is -2.27. The van der Waals surface area contributed by atoms with E-state index in [-0.39, 0.29) is 5.91 Å². The molecule has 1 saturated heterocycles. The van der Waals surface area contributed by atoms with Gasteiger partial charge in [-0.1, -0.05) is 6.92 Å². The number of imidazole rings is 1. The minimum Gasteiger partial charge on any atom is -0.379 e. The van der Waals surface area contributed by atoms with Crippen molar-refractivity contribution >= 4 is 22.6 Å². The third kappa shape index (κ3) is 4.19. The van der Waals surface area contributed by atoms with Crippen molar-refractivity contribution in [1.29, 1.82) is 0 Å². The number of nitrogens with one attached hydrogen (secondary N) is 1. The Morgan fingerprint density at radius 1 is 1.32 bits per heavy atom. The largest absolute Gasteiger partial charge is 0.379 e. The van der Waals surface area contributed by atoms with E-state index in [9.17, 15) is 4.79 Å². The van der Waals surface area contributed by atoms with E-state index < -0.39 is 0 Å². The SMILES string of the molecule is CCCC(=O)Nc1ccc2c(c1)nc(CN1CCOCC1)n2C(C)C. The van der Waals surface area contributed by atoms with Gasteiger partial charge in [0.05, 0.1) is 30.8 Å². The number of hydrogen-bond donors (Lipinski definition) is 1. The number of anilines is 1. The smallest absolute Gasteiger partial charge is 0.224 e. The predicted octanol–water partition coefficient (Wildman–Crippen LogP) is 3.19. The van der Waals surface area contributed by atoms with Crippen LogP contribution >= 0.6 is 0 Å². The van der Waals surface area contributed by atoms with E-state index in [4.69, 9.17) is 9.72 Å². The molecule has 2 heterocycles. The van der Waals surface area contributed by atoms with Crippen molar-refractivity contribution in [3.05, 3.63) is 24.0 Å². The molecule has 0 atom stereocenters. The zero-order valence-corrected chi connectivity index (χ0v) is 15.4. The quantitative estimate of drug-likeness (QED) is 0.874. The summed E-state index contributed by atoms with van der Waals surface area (Å²) in [5.41, 5.74) is 2.87. The first kappa shape index (κ1) is 17.9. The minimum atomic E-state index is 0.0543. The van der Waals surface area contributed by atoms with Crippen molar-refractivity contribution in [1.82, 2.24) is 14.5 Å². The molecule has 1 aromatic heterocycles. The van der Waals surface area contributed by atoms with Crippen LogP contribution in [0.25, 0.3) is 11.0 Å². The first-order chi connectivity index (χ1) is 12.1. The van der Waals surface area contributed by atoms with Gasteiger partial charge < -0.3 is 14.6 Å². The lowest BCUT2D eigenvalue weighted by atomic mass is 10.2. The number of fused-ring (bicyclic) bond motifs is 1. The standard InChI is InChI=1S/C19H28N4O2/c1-4-5-19(24)20-15-6-7-17-16(12-15)21-18(23(17)14(2)3)13-22-8-10-25-11-9-22/h6-7,12,14H,4-5,8-11,13H2,1-3H3,(H,20,24). The lowest BCUT2D eigenvalue weighted by Crippen LogP contribution is -2.36. The van der Waals surface area contributed by atoms with Gasteiger partial charge >= 0.3 is 0 Å². The molecule has 0 unspecified atom stereocenters. The van der Waals surface area contributed by atoms with E-state index in [1.54, 1.807) is 0 Å². The Bertz CT molecular complexity index is 732. The van der Waals surface area contributed by atoms with Crippen LogP contribution < -0.4 is 5.32 Å². The normalized spacial score (nSPS) is 15.8. The molecule has 1 aliphatic rings. The first-order valence-corrected chi connectivity index (χ1v) is 9.19. The zero-order chi connectivity index (χ0) is 17.8. The van der Waals surface area contributed by atoms with Crippen LogP contribution in [0.2, 0.25) is 0 Å². The summed E-state index contributed by atoms with van der Waals surface area (Å²) >= 11 is 0. The van der Waals surface area contributed by atoms with Gasteiger partial charge in [-0.2, -0.15) is 0 Å². The number of aromatic nitrogens is 2. The molecule has 1 aromatic carbocycles. The number of morpholine rings is 1. The maximum Gasteiger partial charge on any atom is 0.224 e. The van der Waals surface area contributed by atoms with Gasteiger partial charge in [-0.15, -0.1) is 0 Å². The molecule has 0 radical (unpaired) electrons. The van der Waals surface area contributed by atoms with Crippen LogP contribution in [-0.2, 0) is 16.1 Å². The van der Waals surface area contributed by atoms with Gasteiger partial charge in [0.1, 0.15) is 5.82 Å². The monoisotopic (exact) mass is 344 g/mol. The zero-order valence-electron chi connectivity index (χ0n) is 15.4. The molecule has 1 fully saturated rings. The van der Waals surface area contributed by atoms with Gasteiger partial charge in [-0.3, -0.25) is 9.69 Å². The summed E-state index contributed by atoms with van der Waals surface area (Å²) in [5.74, 6) is 1.13. The Kier molecular flexibility index (Phi) is 5.71. The second kappa shape index (κ2) is 7.97. The van der Waals surface area contributed by atoms with E-state index in [0.29, 0.717) is 12.5 Å². The fourth-order valence-corrected chi connectivity index (χ4v) is 3.32. The highest BCUT2D eigenvalue weighted by Gasteiger charge is 2.18. The molecule has 0 bridgehead atoms. The average molecular weight is 344 g/mol. The van der Waals surface area contributed by atoms with Crippen molar-refractivity contribution in [2.24, 2.45) is 0 Å².